The van der Waals surface area contributed by atoms with E-state index in [0.717, 1.165) is 6.08 Å². The van der Waals surface area contributed by atoms with E-state index < -0.39 is 5.97 Å². The summed E-state index contributed by atoms with van der Waals surface area (Å²) >= 11 is 0. The smallest absolute Gasteiger partial charge is 0.330 e. The number of aliphatic imine (C=N–C) groups is 1. The van der Waals surface area contributed by atoms with E-state index in [0.29, 0.717) is 19.6 Å². The monoisotopic (exact) mass is 183 g/mol. The minimum atomic E-state index is -0.425. The van der Waals surface area contributed by atoms with Gasteiger partial charge in [-0.25, -0.2) is 14.6 Å². The first-order chi connectivity index (χ1) is 6.20. The van der Waals surface area contributed by atoms with Crippen LogP contribution in [-0.2, 0) is 14.3 Å². The number of carbonyl (C=O) groups excluding carboxylic acids is 2. The lowest BCUT2D eigenvalue weighted by Crippen LogP contribution is -2.10. The molecule has 0 saturated heterocycles. The lowest BCUT2D eigenvalue weighted by Gasteiger charge is -2.08. The zero-order chi connectivity index (χ0) is 10.1. The number of esters is 1. The van der Waals surface area contributed by atoms with Crippen molar-refractivity contribution in [2.75, 3.05) is 13.2 Å². The summed E-state index contributed by atoms with van der Waals surface area (Å²) in [5.41, 5.74) is 0. The van der Waals surface area contributed by atoms with Gasteiger partial charge in [0.15, 0.2) is 0 Å². The van der Waals surface area contributed by atoms with Gasteiger partial charge in [0.2, 0.25) is 6.08 Å². The van der Waals surface area contributed by atoms with Crippen LogP contribution in [0.25, 0.3) is 0 Å². The van der Waals surface area contributed by atoms with Crippen molar-refractivity contribution in [3.8, 4) is 0 Å². The highest BCUT2D eigenvalue weighted by molar-refractivity contribution is 5.81. The van der Waals surface area contributed by atoms with Gasteiger partial charge in [-0.1, -0.05) is 13.5 Å². The van der Waals surface area contributed by atoms with E-state index in [2.05, 4.69) is 11.6 Å². The van der Waals surface area contributed by atoms with Crippen molar-refractivity contribution in [3.05, 3.63) is 12.7 Å². The minimum absolute atomic E-state index is 0.195. The minimum Gasteiger partial charge on any atom is -0.462 e. The maximum absolute atomic E-state index is 10.6. The Morgan fingerprint density at radius 3 is 3.00 bits per heavy atom. The van der Waals surface area contributed by atoms with Crippen LogP contribution in [0.5, 0.6) is 0 Å². The average Bonchev–Trinajstić information content (AvgIpc) is 2.14. The van der Waals surface area contributed by atoms with Gasteiger partial charge in [0.1, 0.15) is 0 Å². The van der Waals surface area contributed by atoms with E-state index in [-0.39, 0.29) is 5.92 Å². The van der Waals surface area contributed by atoms with Crippen LogP contribution in [0.4, 0.5) is 0 Å². The first-order valence-electron chi connectivity index (χ1n) is 4.03. The maximum Gasteiger partial charge on any atom is 0.330 e. The molecule has 13 heavy (non-hydrogen) atoms. The third-order valence-corrected chi connectivity index (χ3v) is 1.48. The summed E-state index contributed by atoms with van der Waals surface area (Å²) in [6.45, 7) is 5.94. The number of nitrogens with zero attached hydrogens (tertiary/aromatic N) is 1. The summed E-state index contributed by atoms with van der Waals surface area (Å²) in [6, 6.07) is 0. The zero-order valence-corrected chi connectivity index (χ0v) is 7.66. The van der Waals surface area contributed by atoms with Gasteiger partial charge < -0.3 is 4.74 Å². The summed E-state index contributed by atoms with van der Waals surface area (Å²) in [4.78, 5) is 23.7. The molecule has 0 amide bonds. The van der Waals surface area contributed by atoms with Crippen molar-refractivity contribution < 1.29 is 14.3 Å². The van der Waals surface area contributed by atoms with Gasteiger partial charge >= 0.3 is 5.97 Å². The summed E-state index contributed by atoms with van der Waals surface area (Å²) in [5.74, 6) is -0.230. The molecular weight excluding hydrogens is 170 g/mol. The molecule has 4 heteroatoms. The van der Waals surface area contributed by atoms with Crippen LogP contribution in [-0.4, -0.2) is 25.2 Å². The van der Waals surface area contributed by atoms with Crippen LogP contribution in [0.1, 0.15) is 13.3 Å². The largest absolute Gasteiger partial charge is 0.462 e. The van der Waals surface area contributed by atoms with Crippen molar-refractivity contribution >= 4 is 12.0 Å². The molecule has 4 nitrogen and oxygen atoms in total. The van der Waals surface area contributed by atoms with Gasteiger partial charge in [0, 0.05) is 6.08 Å². The molecule has 0 aromatic carbocycles. The fraction of sp³-hybridized carbons (Fsp3) is 0.556. The molecule has 1 atom stereocenters. The Labute approximate surface area is 77.3 Å². The molecular formula is C9H13NO3. The van der Waals surface area contributed by atoms with E-state index in [1.807, 2.05) is 6.92 Å². The number of ether oxygens (including phenoxy) is 1. The number of rotatable bonds is 6. The standard InChI is InChI=1S/C9H13NO3/c1-3-9(12)13-6-8(2)4-5-10-7-11/h3,8H,1,4-6H2,2H3. The predicted octanol–water partition coefficient (Wildman–Crippen LogP) is 1.08. The Morgan fingerprint density at radius 2 is 2.46 bits per heavy atom. The second-order valence-electron chi connectivity index (χ2n) is 2.70. The van der Waals surface area contributed by atoms with Crippen molar-refractivity contribution in [2.24, 2.45) is 10.9 Å². The van der Waals surface area contributed by atoms with Crippen molar-refractivity contribution in [1.82, 2.24) is 0 Å². The highest BCUT2D eigenvalue weighted by Crippen LogP contribution is 2.02. The molecule has 0 aromatic rings. The molecule has 0 saturated carbocycles. The maximum atomic E-state index is 10.6. The molecule has 0 bridgehead atoms. The Hall–Kier alpha value is -1.41. The molecule has 1 unspecified atom stereocenters. The SMILES string of the molecule is C=CC(=O)OCC(C)CCN=C=O. The Morgan fingerprint density at radius 1 is 1.77 bits per heavy atom. The molecule has 0 N–H and O–H groups in total. The molecule has 0 fully saturated rings. The van der Waals surface area contributed by atoms with Gasteiger partial charge in [-0.2, -0.15) is 0 Å². The fourth-order valence-electron chi connectivity index (χ4n) is 0.697. The van der Waals surface area contributed by atoms with Crippen LogP contribution in [0.15, 0.2) is 17.6 Å². The third-order valence-electron chi connectivity index (χ3n) is 1.48. The van der Waals surface area contributed by atoms with Gasteiger partial charge in [0.25, 0.3) is 0 Å². The van der Waals surface area contributed by atoms with Crippen LogP contribution >= 0.6 is 0 Å². The fourth-order valence-corrected chi connectivity index (χ4v) is 0.697. The quantitative estimate of drug-likeness (QED) is 0.268. The molecule has 0 spiro atoms. The topological polar surface area (TPSA) is 55.7 Å². The molecule has 0 heterocycles. The Kier molecular flexibility index (Phi) is 6.46. The summed E-state index contributed by atoms with van der Waals surface area (Å²) in [6.07, 6.45) is 3.28. The Balaban J connectivity index is 3.50. The second kappa shape index (κ2) is 7.25. The predicted molar refractivity (Wildman–Crippen MR) is 47.9 cm³/mol. The first-order valence-corrected chi connectivity index (χ1v) is 4.03. The van der Waals surface area contributed by atoms with Crippen LogP contribution in [0.2, 0.25) is 0 Å². The highest BCUT2D eigenvalue weighted by Gasteiger charge is 2.03. The third kappa shape index (κ3) is 6.97. The lowest BCUT2D eigenvalue weighted by atomic mass is 10.1. The lowest BCUT2D eigenvalue weighted by molar-refractivity contribution is -0.138. The zero-order valence-electron chi connectivity index (χ0n) is 7.66. The van der Waals surface area contributed by atoms with E-state index in [4.69, 9.17) is 4.74 Å². The van der Waals surface area contributed by atoms with Crippen LogP contribution < -0.4 is 0 Å². The molecule has 0 aliphatic carbocycles. The van der Waals surface area contributed by atoms with E-state index in [9.17, 15) is 9.59 Å². The second-order valence-corrected chi connectivity index (χ2v) is 2.70. The van der Waals surface area contributed by atoms with E-state index in [1.54, 1.807) is 0 Å². The molecule has 0 aliphatic heterocycles. The molecule has 0 rings (SSSR count). The summed E-state index contributed by atoms with van der Waals surface area (Å²) < 4.78 is 4.79. The normalized spacial score (nSPS) is 11.2. The molecule has 0 aromatic heterocycles. The van der Waals surface area contributed by atoms with Gasteiger partial charge in [0.05, 0.1) is 13.2 Å². The Bertz CT molecular complexity index is 219. The van der Waals surface area contributed by atoms with Gasteiger partial charge in [-0.05, 0) is 12.3 Å². The van der Waals surface area contributed by atoms with Crippen molar-refractivity contribution in [2.45, 2.75) is 13.3 Å². The number of hydrogen-bond donors (Lipinski definition) is 0. The highest BCUT2D eigenvalue weighted by atomic mass is 16.5. The van der Waals surface area contributed by atoms with Gasteiger partial charge in [-0.15, -0.1) is 0 Å². The average molecular weight is 183 g/mol. The van der Waals surface area contributed by atoms with E-state index >= 15 is 0 Å². The number of carbonyl (C=O) groups is 1. The van der Waals surface area contributed by atoms with Crippen LogP contribution in [0.3, 0.4) is 0 Å². The molecule has 0 aliphatic rings. The van der Waals surface area contributed by atoms with Crippen molar-refractivity contribution in [3.63, 3.8) is 0 Å². The summed E-state index contributed by atoms with van der Waals surface area (Å²) in [7, 11) is 0. The molecule has 72 valence electrons. The van der Waals surface area contributed by atoms with Crippen molar-refractivity contribution in [1.29, 1.82) is 0 Å². The number of hydrogen-bond acceptors (Lipinski definition) is 4. The number of isocyanates is 1. The van der Waals surface area contributed by atoms with Gasteiger partial charge in [-0.3, -0.25) is 0 Å². The van der Waals surface area contributed by atoms with E-state index in [1.165, 1.54) is 6.08 Å². The first kappa shape index (κ1) is 11.6. The summed E-state index contributed by atoms with van der Waals surface area (Å²) in [5, 5.41) is 0. The molecule has 0 radical (unpaired) electrons. The van der Waals surface area contributed by atoms with Crippen LogP contribution in [0, 0.1) is 5.92 Å².